The summed E-state index contributed by atoms with van der Waals surface area (Å²) in [5, 5.41) is 0. The summed E-state index contributed by atoms with van der Waals surface area (Å²) in [6, 6.07) is 0. The maximum absolute atomic E-state index is 12.8. The van der Waals surface area contributed by atoms with Crippen molar-refractivity contribution < 1.29 is 28.6 Å². The third-order valence-electron chi connectivity index (χ3n) is 11.9. The first-order chi connectivity index (χ1) is 33.0. The topological polar surface area (TPSA) is 78.9 Å². The molecule has 0 aromatic carbocycles. The minimum absolute atomic E-state index is 0.0907. The van der Waals surface area contributed by atoms with Crippen LogP contribution in [0, 0.1) is 0 Å². The van der Waals surface area contributed by atoms with E-state index in [1.54, 1.807) is 0 Å². The van der Waals surface area contributed by atoms with Crippen molar-refractivity contribution in [2.75, 3.05) is 13.2 Å². The van der Waals surface area contributed by atoms with Crippen LogP contribution in [-0.4, -0.2) is 37.2 Å². The number of ether oxygens (including phenoxy) is 3. The minimum Gasteiger partial charge on any atom is -0.462 e. The Hall–Kier alpha value is -3.41. The second-order valence-corrected chi connectivity index (χ2v) is 18.5. The molecule has 67 heavy (non-hydrogen) atoms. The second kappa shape index (κ2) is 55.2. The highest BCUT2D eigenvalue weighted by Crippen LogP contribution is 2.15. The van der Waals surface area contributed by atoms with Gasteiger partial charge in [0.15, 0.2) is 6.10 Å². The molecule has 0 fully saturated rings. The van der Waals surface area contributed by atoms with E-state index in [4.69, 9.17) is 14.2 Å². The standard InChI is InChI=1S/C61H104O6/c1-4-7-10-13-16-19-22-24-26-28-30-31-32-34-35-37-39-42-45-48-51-54-60(63)66-57-58(56-65-59(62)53-50-47-44-41-21-18-15-12-9-6-3)67-61(64)55-52-49-46-43-40-38-36-33-29-27-25-23-20-17-14-11-8-5-2/h7,10,16,19,24,26-27,29-31,34-35,39,42,58H,4-6,8-9,11-15,17-18,20-23,25,28,32-33,36-38,40-41,43-57H2,1-3H3/b10-7-,19-16-,26-24-,29-27-,31-30-,35-34-,42-39-. The summed E-state index contributed by atoms with van der Waals surface area (Å²) in [7, 11) is 0. The van der Waals surface area contributed by atoms with E-state index in [-0.39, 0.29) is 31.1 Å². The SMILES string of the molecule is CC/C=C\C/C=C\C/C=C\C/C=C\C/C=C\C/C=C\CCCCC(=O)OCC(COC(=O)CCCCCCCCCCCC)OC(=O)CCCCCCCCC/C=C\CCCCCCCCC. The molecule has 0 radical (unpaired) electrons. The summed E-state index contributed by atoms with van der Waals surface area (Å²) < 4.78 is 16.8. The van der Waals surface area contributed by atoms with Gasteiger partial charge in [0.05, 0.1) is 0 Å². The van der Waals surface area contributed by atoms with Crippen LogP contribution in [0.2, 0.25) is 0 Å². The van der Waals surface area contributed by atoms with Crippen LogP contribution in [-0.2, 0) is 28.6 Å². The maximum atomic E-state index is 12.8. The van der Waals surface area contributed by atoms with Gasteiger partial charge in [0.1, 0.15) is 13.2 Å². The van der Waals surface area contributed by atoms with Crippen molar-refractivity contribution in [2.24, 2.45) is 0 Å². The lowest BCUT2D eigenvalue weighted by Gasteiger charge is -2.18. The number of hydrogen-bond donors (Lipinski definition) is 0. The fourth-order valence-electron chi connectivity index (χ4n) is 7.68. The van der Waals surface area contributed by atoms with Crippen molar-refractivity contribution in [3.63, 3.8) is 0 Å². The van der Waals surface area contributed by atoms with E-state index in [0.29, 0.717) is 19.3 Å². The first kappa shape index (κ1) is 63.6. The lowest BCUT2D eigenvalue weighted by Crippen LogP contribution is -2.30. The van der Waals surface area contributed by atoms with Gasteiger partial charge < -0.3 is 14.2 Å². The van der Waals surface area contributed by atoms with Gasteiger partial charge >= 0.3 is 17.9 Å². The lowest BCUT2D eigenvalue weighted by atomic mass is 10.1. The predicted octanol–water partition coefficient (Wildman–Crippen LogP) is 18.8. The van der Waals surface area contributed by atoms with E-state index < -0.39 is 6.10 Å². The molecule has 0 aliphatic carbocycles. The molecule has 0 bridgehead atoms. The van der Waals surface area contributed by atoms with Gasteiger partial charge in [-0.25, -0.2) is 0 Å². The highest BCUT2D eigenvalue weighted by Gasteiger charge is 2.19. The normalized spacial score (nSPS) is 12.7. The zero-order valence-corrected chi connectivity index (χ0v) is 43.9. The number of carbonyl (C=O) groups is 3. The van der Waals surface area contributed by atoms with Gasteiger partial charge in [-0.15, -0.1) is 0 Å². The second-order valence-electron chi connectivity index (χ2n) is 18.5. The quantitative estimate of drug-likeness (QED) is 0.0262. The number of allylic oxidation sites excluding steroid dienone is 14. The molecule has 0 heterocycles. The van der Waals surface area contributed by atoms with E-state index in [0.717, 1.165) is 96.3 Å². The lowest BCUT2D eigenvalue weighted by molar-refractivity contribution is -0.167. The third kappa shape index (κ3) is 53.4. The zero-order chi connectivity index (χ0) is 48.6. The highest BCUT2D eigenvalue weighted by atomic mass is 16.6. The number of esters is 3. The van der Waals surface area contributed by atoms with Crippen LogP contribution >= 0.6 is 0 Å². The molecule has 1 unspecified atom stereocenters. The largest absolute Gasteiger partial charge is 0.462 e. The van der Waals surface area contributed by atoms with Crippen LogP contribution in [0.15, 0.2) is 85.1 Å². The Balaban J connectivity index is 4.41. The first-order valence-electron chi connectivity index (χ1n) is 28.1. The molecular formula is C61H104O6. The molecular weight excluding hydrogens is 829 g/mol. The van der Waals surface area contributed by atoms with E-state index in [1.165, 1.54) is 128 Å². The Bertz CT molecular complexity index is 1300. The Morgan fingerprint density at radius 1 is 0.313 bits per heavy atom. The van der Waals surface area contributed by atoms with Crippen molar-refractivity contribution >= 4 is 17.9 Å². The molecule has 0 aliphatic rings. The Morgan fingerprint density at radius 2 is 0.582 bits per heavy atom. The number of unbranched alkanes of at least 4 members (excludes halogenated alkanes) is 25. The van der Waals surface area contributed by atoms with Crippen molar-refractivity contribution in [3.05, 3.63) is 85.1 Å². The number of carbonyl (C=O) groups excluding carboxylic acids is 3. The summed E-state index contributed by atoms with van der Waals surface area (Å²) in [5.74, 6) is -0.938. The van der Waals surface area contributed by atoms with E-state index in [2.05, 4.69) is 106 Å². The van der Waals surface area contributed by atoms with Crippen LogP contribution in [0.25, 0.3) is 0 Å². The summed E-state index contributed by atoms with van der Waals surface area (Å²) in [5.41, 5.74) is 0. The van der Waals surface area contributed by atoms with Crippen LogP contribution in [0.4, 0.5) is 0 Å². The summed E-state index contributed by atoms with van der Waals surface area (Å²) in [6.45, 7) is 6.48. The van der Waals surface area contributed by atoms with Gasteiger partial charge in [0.25, 0.3) is 0 Å². The highest BCUT2D eigenvalue weighted by molar-refractivity contribution is 5.71. The molecule has 6 heteroatoms. The molecule has 0 aromatic heterocycles. The van der Waals surface area contributed by atoms with Crippen LogP contribution in [0.3, 0.4) is 0 Å². The molecule has 0 spiro atoms. The molecule has 0 aliphatic heterocycles. The van der Waals surface area contributed by atoms with Crippen molar-refractivity contribution in [2.45, 2.75) is 271 Å². The van der Waals surface area contributed by atoms with Crippen LogP contribution in [0.5, 0.6) is 0 Å². The number of hydrogen-bond acceptors (Lipinski definition) is 6. The van der Waals surface area contributed by atoms with Crippen molar-refractivity contribution in [1.29, 1.82) is 0 Å². The number of rotatable bonds is 50. The predicted molar refractivity (Wildman–Crippen MR) is 288 cm³/mol. The zero-order valence-electron chi connectivity index (χ0n) is 43.9. The molecule has 0 rings (SSSR count). The van der Waals surface area contributed by atoms with Gasteiger partial charge in [-0.2, -0.15) is 0 Å². The molecule has 0 N–H and O–H groups in total. The van der Waals surface area contributed by atoms with Gasteiger partial charge in [0, 0.05) is 19.3 Å². The maximum Gasteiger partial charge on any atom is 0.306 e. The molecule has 0 aromatic rings. The molecule has 0 saturated heterocycles. The first-order valence-corrected chi connectivity index (χ1v) is 28.1. The monoisotopic (exact) mass is 933 g/mol. The molecule has 384 valence electrons. The Morgan fingerprint density at radius 3 is 0.955 bits per heavy atom. The van der Waals surface area contributed by atoms with E-state index in [9.17, 15) is 14.4 Å². The van der Waals surface area contributed by atoms with Gasteiger partial charge in [-0.3, -0.25) is 14.4 Å². The van der Waals surface area contributed by atoms with Crippen LogP contribution < -0.4 is 0 Å². The summed E-state index contributed by atoms with van der Waals surface area (Å²) >= 11 is 0. The Labute approximate surface area is 414 Å². The third-order valence-corrected chi connectivity index (χ3v) is 11.9. The summed E-state index contributed by atoms with van der Waals surface area (Å²) in [6.07, 6.45) is 71.5. The smallest absolute Gasteiger partial charge is 0.306 e. The van der Waals surface area contributed by atoms with Gasteiger partial charge in [0.2, 0.25) is 0 Å². The minimum atomic E-state index is -0.795. The van der Waals surface area contributed by atoms with Crippen molar-refractivity contribution in [3.8, 4) is 0 Å². The van der Waals surface area contributed by atoms with Gasteiger partial charge in [-0.1, -0.05) is 234 Å². The van der Waals surface area contributed by atoms with Gasteiger partial charge in [-0.05, 0) is 96.3 Å². The molecule has 6 nitrogen and oxygen atoms in total. The Kier molecular flexibility index (Phi) is 52.4. The molecule has 0 amide bonds. The van der Waals surface area contributed by atoms with Crippen LogP contribution in [0.1, 0.15) is 265 Å². The fraction of sp³-hybridized carbons (Fsp3) is 0.721. The average Bonchev–Trinajstić information content (AvgIpc) is 3.33. The molecule has 0 saturated carbocycles. The van der Waals surface area contributed by atoms with Crippen molar-refractivity contribution in [1.82, 2.24) is 0 Å². The van der Waals surface area contributed by atoms with E-state index in [1.807, 2.05) is 0 Å². The summed E-state index contributed by atoms with van der Waals surface area (Å²) in [4.78, 5) is 38.0. The molecule has 1 atom stereocenters. The van der Waals surface area contributed by atoms with E-state index >= 15 is 0 Å². The fourth-order valence-corrected chi connectivity index (χ4v) is 7.68. The average molecular weight is 933 g/mol.